The predicted octanol–water partition coefficient (Wildman–Crippen LogP) is 4.02. The molecule has 1 aromatic heterocycles. The second-order valence-electron chi connectivity index (χ2n) is 8.52. The first-order valence-corrected chi connectivity index (χ1v) is 11.0. The molecule has 0 radical (unpaired) electrons. The van der Waals surface area contributed by atoms with Crippen LogP contribution in [0.2, 0.25) is 0 Å². The lowest BCUT2D eigenvalue weighted by Gasteiger charge is -2.35. The maximum absolute atomic E-state index is 14.1. The lowest BCUT2D eigenvalue weighted by atomic mass is 9.89. The van der Waals surface area contributed by atoms with Crippen molar-refractivity contribution in [3.05, 3.63) is 83.2 Å². The molecule has 0 unspecified atom stereocenters. The number of anilines is 1. The summed E-state index contributed by atoms with van der Waals surface area (Å²) in [5.74, 6) is 1.21. The summed E-state index contributed by atoms with van der Waals surface area (Å²) in [6.45, 7) is 5.41. The molecule has 3 aromatic rings. The fourth-order valence-corrected chi connectivity index (χ4v) is 4.87. The van der Waals surface area contributed by atoms with Gasteiger partial charge in [0.05, 0.1) is 5.69 Å². The van der Waals surface area contributed by atoms with Gasteiger partial charge in [-0.2, -0.15) is 0 Å². The van der Waals surface area contributed by atoms with Crippen LogP contribution in [0.4, 0.5) is 10.1 Å². The van der Waals surface area contributed by atoms with Crippen molar-refractivity contribution in [1.82, 2.24) is 14.5 Å². The number of hydrogen-bond donors (Lipinski definition) is 0. The lowest BCUT2D eigenvalue weighted by molar-refractivity contribution is 0.0741. The van der Waals surface area contributed by atoms with Crippen molar-refractivity contribution in [1.29, 1.82) is 0 Å². The number of imidazole rings is 1. The monoisotopic (exact) mass is 418 g/mol. The standard InChI is InChI=1S/C25H27FN4O/c1-18-6-2-3-7-20(18)19-10-11-24-27-22(17-30(24)16-19)25(31)29-14-12-28(13-15-29)23-9-5-4-8-21(23)26/h2-9,17,19H,10-16H2,1H3/t19-/m0/s1. The van der Waals surface area contributed by atoms with Crippen LogP contribution < -0.4 is 4.90 Å². The van der Waals surface area contributed by atoms with E-state index >= 15 is 0 Å². The van der Waals surface area contributed by atoms with Crippen LogP contribution in [0.3, 0.4) is 0 Å². The van der Waals surface area contributed by atoms with Crippen molar-refractivity contribution < 1.29 is 9.18 Å². The Balaban J connectivity index is 1.26. The fraction of sp³-hybridized carbons (Fsp3) is 0.360. The van der Waals surface area contributed by atoms with Gasteiger partial charge >= 0.3 is 0 Å². The first-order valence-electron chi connectivity index (χ1n) is 11.0. The highest BCUT2D eigenvalue weighted by molar-refractivity contribution is 5.92. The molecule has 2 aliphatic rings. The van der Waals surface area contributed by atoms with E-state index in [1.165, 1.54) is 17.2 Å². The molecule has 1 atom stereocenters. The molecule has 1 amide bonds. The number of aryl methyl sites for hydroxylation is 2. The Hall–Kier alpha value is -3.15. The van der Waals surface area contributed by atoms with Crippen LogP contribution in [-0.4, -0.2) is 46.5 Å². The van der Waals surface area contributed by atoms with Crippen molar-refractivity contribution in [3.63, 3.8) is 0 Å². The van der Waals surface area contributed by atoms with Gasteiger partial charge in [-0.3, -0.25) is 4.79 Å². The average molecular weight is 419 g/mol. The third-order valence-corrected chi connectivity index (χ3v) is 6.60. The van der Waals surface area contributed by atoms with Crippen molar-refractivity contribution in [2.75, 3.05) is 31.1 Å². The van der Waals surface area contributed by atoms with Crippen molar-refractivity contribution in [2.24, 2.45) is 0 Å². The maximum atomic E-state index is 14.1. The van der Waals surface area contributed by atoms with E-state index < -0.39 is 0 Å². The minimum absolute atomic E-state index is 0.0254. The van der Waals surface area contributed by atoms with Gasteiger partial charge in [0.1, 0.15) is 17.3 Å². The smallest absolute Gasteiger partial charge is 0.274 e. The average Bonchev–Trinajstić information content (AvgIpc) is 3.23. The number of aromatic nitrogens is 2. The van der Waals surface area contributed by atoms with Crippen molar-refractivity contribution >= 4 is 11.6 Å². The second kappa shape index (κ2) is 8.17. The molecule has 2 aromatic carbocycles. The molecule has 0 saturated carbocycles. The Labute approximate surface area is 182 Å². The Bertz CT molecular complexity index is 1100. The summed E-state index contributed by atoms with van der Waals surface area (Å²) in [4.78, 5) is 21.6. The van der Waals surface area contributed by atoms with E-state index in [1.807, 2.05) is 22.1 Å². The summed E-state index contributed by atoms with van der Waals surface area (Å²) in [5.41, 5.74) is 3.84. The SMILES string of the molecule is Cc1ccccc1[C@H]1CCc2nc(C(=O)N3CCN(c4ccccc4F)CC3)cn2C1. The Kier molecular flexibility index (Phi) is 5.22. The van der Waals surface area contributed by atoms with E-state index in [4.69, 9.17) is 0 Å². The summed E-state index contributed by atoms with van der Waals surface area (Å²) >= 11 is 0. The van der Waals surface area contributed by atoms with Gasteiger partial charge in [-0.25, -0.2) is 9.37 Å². The van der Waals surface area contributed by atoms with Crippen LogP contribution in [0.15, 0.2) is 54.7 Å². The summed E-state index contributed by atoms with van der Waals surface area (Å²) < 4.78 is 16.2. The molecule has 0 aliphatic carbocycles. The van der Waals surface area contributed by atoms with Gasteiger partial charge in [0.2, 0.25) is 0 Å². The number of piperazine rings is 1. The first kappa shape index (κ1) is 19.8. The number of fused-ring (bicyclic) bond motifs is 1. The topological polar surface area (TPSA) is 41.4 Å². The zero-order chi connectivity index (χ0) is 21.4. The van der Waals surface area contributed by atoms with Gasteiger partial charge in [-0.05, 0) is 36.6 Å². The van der Waals surface area contributed by atoms with Crippen molar-refractivity contribution in [3.8, 4) is 0 Å². The molecule has 0 spiro atoms. The number of carbonyl (C=O) groups excluding carboxylic acids is 1. The molecule has 0 N–H and O–H groups in total. The zero-order valence-corrected chi connectivity index (χ0v) is 17.8. The number of carbonyl (C=O) groups is 1. The maximum Gasteiger partial charge on any atom is 0.274 e. The summed E-state index contributed by atoms with van der Waals surface area (Å²) in [5, 5.41) is 0. The summed E-state index contributed by atoms with van der Waals surface area (Å²) in [7, 11) is 0. The number of nitrogens with zero attached hydrogens (tertiary/aromatic N) is 4. The highest BCUT2D eigenvalue weighted by Crippen LogP contribution is 2.31. The number of halogens is 1. The van der Waals surface area contributed by atoms with Gasteiger partial charge in [-0.1, -0.05) is 36.4 Å². The highest BCUT2D eigenvalue weighted by atomic mass is 19.1. The van der Waals surface area contributed by atoms with Crippen LogP contribution >= 0.6 is 0 Å². The quantitative estimate of drug-likeness (QED) is 0.645. The second-order valence-corrected chi connectivity index (χ2v) is 8.52. The fourth-order valence-electron chi connectivity index (χ4n) is 4.87. The minimum atomic E-state index is -0.216. The van der Waals surface area contributed by atoms with Crippen LogP contribution in [-0.2, 0) is 13.0 Å². The first-order chi connectivity index (χ1) is 15.1. The Morgan fingerprint density at radius 3 is 2.55 bits per heavy atom. The Morgan fingerprint density at radius 1 is 1.03 bits per heavy atom. The molecule has 3 heterocycles. The molecule has 160 valence electrons. The largest absolute Gasteiger partial charge is 0.366 e. The van der Waals surface area contributed by atoms with E-state index in [9.17, 15) is 9.18 Å². The molecular formula is C25H27FN4O. The normalized spacial score (nSPS) is 18.7. The van der Waals surface area contributed by atoms with Gasteiger partial charge < -0.3 is 14.4 Å². The van der Waals surface area contributed by atoms with Crippen LogP contribution in [0, 0.1) is 12.7 Å². The van der Waals surface area contributed by atoms with Gasteiger partial charge in [0.15, 0.2) is 0 Å². The molecule has 31 heavy (non-hydrogen) atoms. The third kappa shape index (κ3) is 3.82. The molecule has 2 aliphatic heterocycles. The molecule has 0 bridgehead atoms. The lowest BCUT2D eigenvalue weighted by Crippen LogP contribution is -2.49. The molecule has 5 rings (SSSR count). The number of hydrogen-bond acceptors (Lipinski definition) is 3. The summed E-state index contributed by atoms with van der Waals surface area (Å²) in [6, 6.07) is 15.4. The highest BCUT2D eigenvalue weighted by Gasteiger charge is 2.28. The van der Waals surface area contributed by atoms with Crippen LogP contribution in [0.25, 0.3) is 0 Å². The van der Waals surface area contributed by atoms with E-state index in [2.05, 4.69) is 40.7 Å². The molecule has 5 nitrogen and oxygen atoms in total. The molecule has 6 heteroatoms. The van der Waals surface area contributed by atoms with Crippen molar-refractivity contribution in [2.45, 2.75) is 32.2 Å². The van der Waals surface area contributed by atoms with Gasteiger partial charge in [0, 0.05) is 51.3 Å². The summed E-state index contributed by atoms with van der Waals surface area (Å²) in [6.07, 6.45) is 3.86. The Morgan fingerprint density at radius 2 is 1.77 bits per heavy atom. The van der Waals surface area contributed by atoms with Gasteiger partial charge in [0.25, 0.3) is 5.91 Å². The van der Waals surface area contributed by atoms with E-state index in [-0.39, 0.29) is 11.7 Å². The zero-order valence-electron chi connectivity index (χ0n) is 17.8. The van der Waals surface area contributed by atoms with Crippen LogP contribution in [0.5, 0.6) is 0 Å². The van der Waals surface area contributed by atoms with E-state index in [1.54, 1.807) is 12.1 Å². The van der Waals surface area contributed by atoms with Crippen LogP contribution in [0.1, 0.15) is 39.8 Å². The minimum Gasteiger partial charge on any atom is -0.366 e. The van der Waals surface area contributed by atoms with E-state index in [0.29, 0.717) is 43.5 Å². The van der Waals surface area contributed by atoms with Gasteiger partial charge in [-0.15, -0.1) is 0 Å². The predicted molar refractivity (Wildman–Crippen MR) is 119 cm³/mol. The number of para-hydroxylation sites is 1. The molecule has 1 saturated heterocycles. The third-order valence-electron chi connectivity index (χ3n) is 6.60. The number of amides is 1. The number of benzene rings is 2. The number of rotatable bonds is 3. The molecule has 1 fully saturated rings. The van der Waals surface area contributed by atoms with E-state index in [0.717, 1.165) is 25.2 Å². The molecular weight excluding hydrogens is 391 g/mol.